The van der Waals surface area contributed by atoms with Crippen LogP contribution in [-0.4, -0.2) is 23.6 Å². The number of amides is 1. The number of carbonyl (C=O) groups excluding carboxylic acids is 1. The molecule has 1 aliphatic heterocycles. The second-order valence-corrected chi connectivity index (χ2v) is 5.88. The zero-order valence-electron chi connectivity index (χ0n) is 13.3. The van der Waals surface area contributed by atoms with Crippen molar-refractivity contribution < 1.29 is 4.79 Å². The fourth-order valence-electron chi connectivity index (χ4n) is 2.89. The van der Waals surface area contributed by atoms with Crippen molar-refractivity contribution in [2.45, 2.75) is 39.7 Å². The molecule has 0 aromatic carbocycles. The number of nitrogens with zero attached hydrogens (tertiary/aromatic N) is 1. The van der Waals surface area contributed by atoms with E-state index < -0.39 is 0 Å². The molecular weight excluding hydrogens is 302 g/mol. The molecule has 124 valence electrons. The Kier molecular flexibility index (Phi) is 7.62. The third-order valence-corrected chi connectivity index (χ3v) is 4.26. The third-order valence-electron chi connectivity index (χ3n) is 4.26. The van der Waals surface area contributed by atoms with Gasteiger partial charge >= 0.3 is 0 Å². The maximum atomic E-state index is 12.1. The largest absolute Gasteiger partial charge is 0.325 e. The minimum Gasteiger partial charge on any atom is -0.325 e. The molecule has 1 aromatic rings. The molecule has 0 saturated carbocycles. The molecule has 6 heteroatoms. The Morgan fingerprint density at radius 1 is 1.50 bits per heavy atom. The van der Waals surface area contributed by atoms with Crippen molar-refractivity contribution >= 4 is 24.0 Å². The SMILES string of the molecule is CCn1cc(NC(=O)CC(C)C2CCCNC2)ccc1=O.Cl. The Hall–Kier alpha value is -1.33. The van der Waals surface area contributed by atoms with Gasteiger partial charge < -0.3 is 15.2 Å². The lowest BCUT2D eigenvalue weighted by Gasteiger charge is -2.28. The van der Waals surface area contributed by atoms with Gasteiger partial charge in [-0.15, -0.1) is 12.4 Å². The molecule has 2 atom stereocenters. The number of pyridine rings is 1. The quantitative estimate of drug-likeness (QED) is 0.872. The van der Waals surface area contributed by atoms with Gasteiger partial charge in [0, 0.05) is 25.2 Å². The number of rotatable bonds is 5. The molecule has 2 N–H and O–H groups in total. The normalized spacial score (nSPS) is 19.1. The molecule has 1 amide bonds. The molecule has 1 fully saturated rings. The van der Waals surface area contributed by atoms with Gasteiger partial charge in [-0.2, -0.15) is 0 Å². The third kappa shape index (κ3) is 5.14. The van der Waals surface area contributed by atoms with E-state index in [0.29, 0.717) is 30.5 Å². The first kappa shape index (κ1) is 18.7. The summed E-state index contributed by atoms with van der Waals surface area (Å²) in [6.45, 7) is 6.76. The van der Waals surface area contributed by atoms with Gasteiger partial charge in [0.2, 0.25) is 5.91 Å². The maximum Gasteiger partial charge on any atom is 0.250 e. The van der Waals surface area contributed by atoms with E-state index in [2.05, 4.69) is 17.6 Å². The predicted molar refractivity (Wildman–Crippen MR) is 91.6 cm³/mol. The molecule has 2 rings (SSSR count). The van der Waals surface area contributed by atoms with Crippen LogP contribution in [0.4, 0.5) is 5.69 Å². The Bertz CT molecular complexity index is 538. The molecule has 2 heterocycles. The van der Waals surface area contributed by atoms with E-state index in [0.717, 1.165) is 13.1 Å². The molecule has 1 aromatic heterocycles. The number of carbonyl (C=O) groups is 1. The van der Waals surface area contributed by atoms with Gasteiger partial charge in [0.1, 0.15) is 0 Å². The highest BCUT2D eigenvalue weighted by atomic mass is 35.5. The average molecular weight is 328 g/mol. The van der Waals surface area contributed by atoms with Gasteiger partial charge in [0.25, 0.3) is 5.56 Å². The number of hydrogen-bond acceptors (Lipinski definition) is 3. The van der Waals surface area contributed by atoms with Crippen LogP contribution >= 0.6 is 12.4 Å². The Morgan fingerprint density at radius 2 is 2.27 bits per heavy atom. The van der Waals surface area contributed by atoms with Crippen molar-refractivity contribution in [2.24, 2.45) is 11.8 Å². The second-order valence-electron chi connectivity index (χ2n) is 5.88. The van der Waals surface area contributed by atoms with Gasteiger partial charge in [-0.3, -0.25) is 9.59 Å². The van der Waals surface area contributed by atoms with Crippen LogP contribution in [0.3, 0.4) is 0 Å². The molecule has 5 nitrogen and oxygen atoms in total. The van der Waals surface area contributed by atoms with Crippen LogP contribution in [0.2, 0.25) is 0 Å². The molecule has 22 heavy (non-hydrogen) atoms. The van der Waals surface area contributed by atoms with E-state index in [-0.39, 0.29) is 23.9 Å². The van der Waals surface area contributed by atoms with Crippen molar-refractivity contribution in [3.8, 4) is 0 Å². The Morgan fingerprint density at radius 3 is 2.91 bits per heavy atom. The minimum absolute atomic E-state index is 0. The van der Waals surface area contributed by atoms with Gasteiger partial charge in [-0.05, 0) is 50.8 Å². The van der Waals surface area contributed by atoms with E-state index in [1.54, 1.807) is 16.8 Å². The first-order chi connectivity index (χ1) is 10.1. The summed E-state index contributed by atoms with van der Waals surface area (Å²) in [5.74, 6) is 0.971. The second kappa shape index (κ2) is 8.96. The molecule has 0 aliphatic carbocycles. The number of hydrogen-bond donors (Lipinski definition) is 2. The molecule has 1 aliphatic rings. The van der Waals surface area contributed by atoms with Crippen LogP contribution in [0, 0.1) is 11.8 Å². The van der Waals surface area contributed by atoms with Crippen LogP contribution in [-0.2, 0) is 11.3 Å². The first-order valence-corrected chi connectivity index (χ1v) is 7.81. The molecule has 2 unspecified atom stereocenters. The highest BCUT2D eigenvalue weighted by Gasteiger charge is 2.22. The van der Waals surface area contributed by atoms with Gasteiger partial charge in [0.05, 0.1) is 5.69 Å². The lowest BCUT2D eigenvalue weighted by Crippen LogP contribution is -2.34. The topological polar surface area (TPSA) is 63.1 Å². The maximum absolute atomic E-state index is 12.1. The lowest BCUT2D eigenvalue weighted by atomic mass is 9.85. The van der Waals surface area contributed by atoms with Crippen molar-refractivity contribution in [1.82, 2.24) is 9.88 Å². The summed E-state index contributed by atoms with van der Waals surface area (Å²) in [6, 6.07) is 3.16. The molecule has 0 bridgehead atoms. The van der Waals surface area contributed by atoms with E-state index in [1.165, 1.54) is 18.9 Å². The van der Waals surface area contributed by atoms with Crippen molar-refractivity contribution in [2.75, 3.05) is 18.4 Å². The predicted octanol–water partition coefficient (Wildman–Crippen LogP) is 2.25. The van der Waals surface area contributed by atoms with Crippen molar-refractivity contribution in [1.29, 1.82) is 0 Å². The standard InChI is InChI=1S/C16H25N3O2.ClH/c1-3-19-11-14(6-7-16(19)21)18-15(20)9-12(2)13-5-4-8-17-10-13;/h6-7,11-13,17H,3-5,8-10H2,1-2H3,(H,18,20);1H. The zero-order valence-corrected chi connectivity index (χ0v) is 14.1. The first-order valence-electron chi connectivity index (χ1n) is 7.81. The molecule has 1 saturated heterocycles. The van der Waals surface area contributed by atoms with E-state index in [4.69, 9.17) is 0 Å². The number of aromatic nitrogens is 1. The Labute approximate surface area is 137 Å². The smallest absolute Gasteiger partial charge is 0.250 e. The highest BCUT2D eigenvalue weighted by Crippen LogP contribution is 2.22. The van der Waals surface area contributed by atoms with Crippen LogP contribution < -0.4 is 16.2 Å². The van der Waals surface area contributed by atoms with E-state index >= 15 is 0 Å². The van der Waals surface area contributed by atoms with Gasteiger partial charge in [-0.25, -0.2) is 0 Å². The Balaban J connectivity index is 0.00000242. The van der Waals surface area contributed by atoms with Gasteiger partial charge in [-0.1, -0.05) is 6.92 Å². The van der Waals surface area contributed by atoms with Crippen LogP contribution in [0.5, 0.6) is 0 Å². The summed E-state index contributed by atoms with van der Waals surface area (Å²) < 4.78 is 1.59. The van der Waals surface area contributed by atoms with Gasteiger partial charge in [0.15, 0.2) is 0 Å². The van der Waals surface area contributed by atoms with E-state index in [1.807, 2.05) is 6.92 Å². The minimum atomic E-state index is -0.0443. The van der Waals surface area contributed by atoms with Crippen molar-refractivity contribution in [3.63, 3.8) is 0 Å². The number of aryl methyl sites for hydroxylation is 1. The van der Waals surface area contributed by atoms with Crippen LogP contribution in [0.15, 0.2) is 23.1 Å². The number of nitrogens with one attached hydrogen (secondary N) is 2. The molecular formula is C16H26ClN3O2. The summed E-state index contributed by atoms with van der Waals surface area (Å²) in [4.78, 5) is 23.6. The monoisotopic (exact) mass is 327 g/mol. The summed E-state index contributed by atoms with van der Waals surface area (Å²) >= 11 is 0. The van der Waals surface area contributed by atoms with E-state index in [9.17, 15) is 9.59 Å². The molecule has 0 radical (unpaired) electrons. The fraction of sp³-hybridized carbons (Fsp3) is 0.625. The number of piperidine rings is 1. The highest BCUT2D eigenvalue weighted by molar-refractivity contribution is 5.90. The lowest BCUT2D eigenvalue weighted by molar-refractivity contribution is -0.117. The van der Waals surface area contributed by atoms with Crippen molar-refractivity contribution in [3.05, 3.63) is 28.7 Å². The summed E-state index contributed by atoms with van der Waals surface area (Å²) in [7, 11) is 0. The summed E-state index contributed by atoms with van der Waals surface area (Å²) in [5.41, 5.74) is 0.646. The fourth-order valence-corrected chi connectivity index (χ4v) is 2.89. The zero-order chi connectivity index (χ0) is 15.2. The van der Waals surface area contributed by atoms with Crippen LogP contribution in [0.1, 0.15) is 33.1 Å². The summed E-state index contributed by atoms with van der Waals surface area (Å²) in [6.07, 6.45) is 4.62. The number of halogens is 1. The average Bonchev–Trinajstić information content (AvgIpc) is 2.50. The number of anilines is 1. The molecule has 0 spiro atoms. The summed E-state index contributed by atoms with van der Waals surface area (Å²) in [5, 5.41) is 6.28. The van der Waals surface area contributed by atoms with Crippen LogP contribution in [0.25, 0.3) is 0 Å².